The molecule has 1 aromatic carbocycles. The first-order chi connectivity index (χ1) is 16.1. The second kappa shape index (κ2) is 10.5. The van der Waals surface area contributed by atoms with Crippen LogP contribution in [0.25, 0.3) is 0 Å². The molecule has 0 spiro atoms. The van der Waals surface area contributed by atoms with Crippen molar-refractivity contribution in [3.8, 4) is 5.75 Å². The smallest absolute Gasteiger partial charge is 0.247 e. The quantitative estimate of drug-likeness (QED) is 0.550. The molecular weight excluding hydrogens is 420 g/mol. The zero-order valence-electron chi connectivity index (χ0n) is 19.2. The van der Waals surface area contributed by atoms with Crippen molar-refractivity contribution >= 4 is 11.8 Å². The van der Waals surface area contributed by atoms with Gasteiger partial charge in [-0.1, -0.05) is 50.5 Å². The predicted molar refractivity (Wildman–Crippen MR) is 125 cm³/mol. The van der Waals surface area contributed by atoms with E-state index in [1.165, 1.54) is 0 Å². The zero-order chi connectivity index (χ0) is 23.4. The van der Waals surface area contributed by atoms with Crippen molar-refractivity contribution in [2.24, 2.45) is 0 Å². The molecule has 7 nitrogen and oxygen atoms in total. The van der Waals surface area contributed by atoms with Crippen LogP contribution in [0.2, 0.25) is 0 Å². The number of nitrogens with one attached hydrogen (secondary N) is 1. The highest BCUT2D eigenvalue weighted by Crippen LogP contribution is 2.47. The van der Waals surface area contributed by atoms with E-state index in [0.717, 1.165) is 44.1 Å². The number of carbonyl (C=O) groups is 2. The fraction of sp³-hybridized carbons (Fsp3) is 0.538. The van der Waals surface area contributed by atoms with E-state index >= 15 is 0 Å². The predicted octanol–water partition coefficient (Wildman–Crippen LogP) is 2.44. The molecule has 0 unspecified atom stereocenters. The maximum Gasteiger partial charge on any atom is 0.247 e. The number of allylic oxidation sites excluding steroid dienone is 1. The number of benzene rings is 1. The summed E-state index contributed by atoms with van der Waals surface area (Å²) in [6.45, 7) is 1.94. The van der Waals surface area contributed by atoms with Crippen LogP contribution >= 0.6 is 0 Å². The molecule has 1 aliphatic heterocycles. The highest BCUT2D eigenvalue weighted by atomic mass is 16.5. The molecule has 2 amide bonds. The van der Waals surface area contributed by atoms with Gasteiger partial charge >= 0.3 is 0 Å². The Morgan fingerprint density at radius 2 is 1.97 bits per heavy atom. The van der Waals surface area contributed by atoms with E-state index in [0.29, 0.717) is 11.3 Å². The van der Waals surface area contributed by atoms with Gasteiger partial charge in [-0.05, 0) is 37.5 Å². The van der Waals surface area contributed by atoms with Gasteiger partial charge in [0.15, 0.2) is 0 Å². The molecule has 2 aliphatic carbocycles. The SMILES string of the molecule is CCC=CC(=O)N(C1CCCCC1)[C@@H]1C=C(C(=O)NCCO)[C@@H]2c3ccccc3O[C@@H]2[C@H]1O. The Hall–Kier alpha value is -2.64. The number of fused-ring (bicyclic) bond motifs is 3. The number of hydrogen-bond donors (Lipinski definition) is 3. The molecule has 0 aromatic heterocycles. The third kappa shape index (κ3) is 4.70. The van der Waals surface area contributed by atoms with E-state index in [-0.39, 0.29) is 31.0 Å². The lowest BCUT2D eigenvalue weighted by molar-refractivity contribution is -0.136. The van der Waals surface area contributed by atoms with Crippen LogP contribution in [-0.4, -0.2) is 64.4 Å². The normalized spacial score (nSPS) is 26.8. The van der Waals surface area contributed by atoms with Gasteiger partial charge in [0.2, 0.25) is 11.8 Å². The molecule has 4 rings (SSSR count). The van der Waals surface area contributed by atoms with Crippen LogP contribution in [0.4, 0.5) is 0 Å². The van der Waals surface area contributed by atoms with Gasteiger partial charge in [0.1, 0.15) is 18.0 Å². The van der Waals surface area contributed by atoms with E-state index < -0.39 is 24.2 Å². The summed E-state index contributed by atoms with van der Waals surface area (Å²) in [6.07, 6.45) is 9.25. The van der Waals surface area contributed by atoms with Crippen molar-refractivity contribution < 1.29 is 24.5 Å². The summed E-state index contributed by atoms with van der Waals surface area (Å²) < 4.78 is 6.16. The molecule has 1 fully saturated rings. The minimum absolute atomic E-state index is 0.00531. The number of hydrogen-bond acceptors (Lipinski definition) is 5. The highest BCUT2D eigenvalue weighted by molar-refractivity contribution is 5.96. The molecule has 0 radical (unpaired) electrons. The second-order valence-corrected chi connectivity index (χ2v) is 9.03. The van der Waals surface area contributed by atoms with Crippen LogP contribution in [0, 0.1) is 0 Å². The Balaban J connectivity index is 1.76. The molecule has 4 atom stereocenters. The molecule has 0 saturated heterocycles. The first-order valence-corrected chi connectivity index (χ1v) is 12.1. The number of nitrogens with zero attached hydrogens (tertiary/aromatic N) is 1. The molecular formula is C26H34N2O5. The van der Waals surface area contributed by atoms with Crippen LogP contribution in [0.3, 0.4) is 0 Å². The molecule has 0 bridgehead atoms. The van der Waals surface area contributed by atoms with Gasteiger partial charge in [-0.3, -0.25) is 9.59 Å². The second-order valence-electron chi connectivity index (χ2n) is 9.03. The van der Waals surface area contributed by atoms with Gasteiger partial charge in [-0.15, -0.1) is 0 Å². The summed E-state index contributed by atoms with van der Waals surface area (Å²) in [5.74, 6) is -0.236. The first-order valence-electron chi connectivity index (χ1n) is 12.1. The molecule has 1 saturated carbocycles. The maximum absolute atomic E-state index is 13.3. The standard InChI is InChI=1S/C26H34N2O5/c1-2-3-13-22(30)28(17-9-5-4-6-10-17)20-16-19(26(32)27-14-15-29)23-18-11-7-8-12-21(18)33-25(23)24(20)31/h3,7-8,11-13,16-17,20,23-25,29,31H,2,4-6,9-10,14-15H2,1H3,(H,27,32)/t20-,23+,24+,25+/m1/s1. The van der Waals surface area contributed by atoms with E-state index in [2.05, 4.69) is 5.32 Å². The van der Waals surface area contributed by atoms with Crippen molar-refractivity contribution in [2.75, 3.05) is 13.2 Å². The first kappa shape index (κ1) is 23.5. The molecule has 1 heterocycles. The van der Waals surface area contributed by atoms with E-state index in [9.17, 15) is 19.8 Å². The maximum atomic E-state index is 13.3. The van der Waals surface area contributed by atoms with Crippen molar-refractivity contribution in [3.05, 3.63) is 53.6 Å². The zero-order valence-corrected chi connectivity index (χ0v) is 19.2. The van der Waals surface area contributed by atoms with Gasteiger partial charge in [-0.2, -0.15) is 0 Å². The van der Waals surface area contributed by atoms with Gasteiger partial charge in [-0.25, -0.2) is 0 Å². The summed E-state index contributed by atoms with van der Waals surface area (Å²) in [6, 6.07) is 6.83. The Labute approximate surface area is 195 Å². The van der Waals surface area contributed by atoms with Crippen molar-refractivity contribution in [1.82, 2.24) is 10.2 Å². The topological polar surface area (TPSA) is 99.1 Å². The number of aliphatic hydroxyl groups is 2. The highest BCUT2D eigenvalue weighted by Gasteiger charge is 2.51. The summed E-state index contributed by atoms with van der Waals surface area (Å²) in [4.78, 5) is 28.3. The lowest BCUT2D eigenvalue weighted by Gasteiger charge is -2.44. The summed E-state index contributed by atoms with van der Waals surface area (Å²) in [5.41, 5.74) is 1.33. The fourth-order valence-corrected chi connectivity index (χ4v) is 5.40. The minimum atomic E-state index is -0.974. The van der Waals surface area contributed by atoms with Crippen LogP contribution in [-0.2, 0) is 9.59 Å². The molecule has 178 valence electrons. The number of aliphatic hydroxyl groups excluding tert-OH is 2. The van der Waals surface area contributed by atoms with E-state index in [1.54, 1.807) is 17.1 Å². The van der Waals surface area contributed by atoms with Gasteiger partial charge in [0.05, 0.1) is 18.6 Å². The summed E-state index contributed by atoms with van der Waals surface area (Å²) >= 11 is 0. The van der Waals surface area contributed by atoms with Crippen LogP contribution in [0.1, 0.15) is 56.9 Å². The number of amides is 2. The van der Waals surface area contributed by atoms with Gasteiger partial charge < -0.3 is 25.2 Å². The number of carbonyl (C=O) groups excluding carboxylic acids is 2. The van der Waals surface area contributed by atoms with Crippen LogP contribution < -0.4 is 10.1 Å². The van der Waals surface area contributed by atoms with Crippen molar-refractivity contribution in [1.29, 1.82) is 0 Å². The third-order valence-corrected chi connectivity index (χ3v) is 6.92. The third-order valence-electron chi connectivity index (χ3n) is 6.92. The lowest BCUT2D eigenvalue weighted by Crippen LogP contribution is -2.58. The number of rotatable bonds is 7. The number of ether oxygens (including phenoxy) is 1. The fourth-order valence-electron chi connectivity index (χ4n) is 5.40. The Kier molecular flexibility index (Phi) is 7.50. The average Bonchev–Trinajstić information content (AvgIpc) is 3.23. The molecule has 33 heavy (non-hydrogen) atoms. The Morgan fingerprint density at radius 3 is 2.70 bits per heavy atom. The van der Waals surface area contributed by atoms with E-state index in [1.807, 2.05) is 37.3 Å². The van der Waals surface area contributed by atoms with Crippen LogP contribution in [0.15, 0.2) is 48.1 Å². The molecule has 1 aromatic rings. The van der Waals surface area contributed by atoms with E-state index in [4.69, 9.17) is 4.74 Å². The van der Waals surface area contributed by atoms with Gasteiger partial charge in [0.25, 0.3) is 0 Å². The lowest BCUT2D eigenvalue weighted by atomic mass is 9.77. The van der Waals surface area contributed by atoms with Crippen LogP contribution in [0.5, 0.6) is 5.75 Å². The van der Waals surface area contributed by atoms with Crippen molar-refractivity contribution in [3.63, 3.8) is 0 Å². The Bertz CT molecular complexity index is 921. The van der Waals surface area contributed by atoms with Gasteiger partial charge in [0, 0.05) is 23.7 Å². The monoisotopic (exact) mass is 454 g/mol. The molecule has 7 heteroatoms. The number of para-hydroxylation sites is 1. The summed E-state index contributed by atoms with van der Waals surface area (Å²) in [5, 5.41) is 23.5. The summed E-state index contributed by atoms with van der Waals surface area (Å²) in [7, 11) is 0. The molecule has 3 aliphatic rings. The largest absolute Gasteiger partial charge is 0.486 e. The average molecular weight is 455 g/mol. The minimum Gasteiger partial charge on any atom is -0.486 e. The Morgan fingerprint density at radius 1 is 1.21 bits per heavy atom. The van der Waals surface area contributed by atoms with Crippen molar-refractivity contribution in [2.45, 2.75) is 75.7 Å². The molecule has 3 N–H and O–H groups in total.